The number of hydrogen-bond donors (Lipinski definition) is 1. The van der Waals surface area contributed by atoms with Gasteiger partial charge in [0.25, 0.3) is 11.8 Å². The van der Waals surface area contributed by atoms with Crippen LogP contribution < -0.4 is 15.0 Å². The molecule has 8 rings (SSSR count). The maximum Gasteiger partial charge on any atom is 0.416 e. The normalized spacial score (nSPS) is 21.5. The number of fused-ring (bicyclic) bond motifs is 3. The Balaban J connectivity index is 0.900. The largest absolute Gasteiger partial charge is 0.465 e. The van der Waals surface area contributed by atoms with E-state index in [1.165, 1.54) is 15.8 Å². The van der Waals surface area contributed by atoms with Crippen LogP contribution in [0, 0.1) is 17.6 Å². The summed E-state index contributed by atoms with van der Waals surface area (Å²) in [4.78, 5) is 51.3. The van der Waals surface area contributed by atoms with Crippen LogP contribution in [0.3, 0.4) is 0 Å². The van der Waals surface area contributed by atoms with Gasteiger partial charge in [0.1, 0.15) is 16.7 Å². The minimum atomic E-state index is -0.699. The van der Waals surface area contributed by atoms with Crippen molar-refractivity contribution in [2.24, 2.45) is 5.92 Å². The molecule has 2 aromatic heterocycles. The van der Waals surface area contributed by atoms with Gasteiger partial charge in [-0.3, -0.25) is 9.69 Å². The highest BCUT2D eigenvalue weighted by atomic mass is 19.1. The monoisotopic (exact) mass is 695 g/mol. The Morgan fingerprint density at radius 1 is 1.14 bits per heavy atom. The Hall–Kier alpha value is -4.67. The van der Waals surface area contributed by atoms with Crippen molar-refractivity contribution in [2.45, 2.75) is 83.1 Å². The SMILES string of the molecule is CC(C)(C)OC(=O)N(CCn1nnc2c(F)c3c(c(F)c21)CC(CN1CCC2(CC1)CN(c1cnc4c(n1)NC(=O)CO4)C(=O)O2)C3)C1CC1. The number of anilines is 2. The van der Waals surface area contributed by atoms with E-state index in [1.807, 2.05) is 20.8 Å². The molecule has 1 atom stereocenters. The lowest BCUT2D eigenvalue weighted by atomic mass is 9.90. The number of aromatic nitrogens is 5. The summed E-state index contributed by atoms with van der Waals surface area (Å²) in [5.41, 5.74) is -0.711. The summed E-state index contributed by atoms with van der Waals surface area (Å²) in [6, 6.07) is 0.0695. The number of rotatable bonds is 7. The van der Waals surface area contributed by atoms with Gasteiger partial charge in [-0.05, 0) is 63.5 Å². The number of benzene rings is 1. The van der Waals surface area contributed by atoms with E-state index in [1.54, 1.807) is 4.90 Å². The second-order valence-corrected chi connectivity index (χ2v) is 14.9. The minimum Gasteiger partial charge on any atom is -0.465 e. The molecule has 3 fully saturated rings. The van der Waals surface area contributed by atoms with Gasteiger partial charge >= 0.3 is 12.2 Å². The van der Waals surface area contributed by atoms with Crippen LogP contribution in [0.25, 0.3) is 11.0 Å². The van der Waals surface area contributed by atoms with Crippen LogP contribution in [0.5, 0.6) is 5.88 Å². The molecule has 1 saturated carbocycles. The van der Waals surface area contributed by atoms with E-state index in [2.05, 4.69) is 30.5 Å². The summed E-state index contributed by atoms with van der Waals surface area (Å²) in [5, 5.41) is 10.7. The van der Waals surface area contributed by atoms with Crippen molar-refractivity contribution >= 4 is 40.8 Å². The van der Waals surface area contributed by atoms with E-state index < -0.39 is 35.0 Å². The van der Waals surface area contributed by atoms with Gasteiger partial charge in [-0.1, -0.05) is 5.21 Å². The van der Waals surface area contributed by atoms with E-state index in [0.717, 1.165) is 12.8 Å². The van der Waals surface area contributed by atoms with E-state index in [-0.39, 0.29) is 66.1 Å². The van der Waals surface area contributed by atoms with Crippen molar-refractivity contribution in [2.75, 3.05) is 49.5 Å². The standard InChI is InChI=1S/C33H39F2N9O6/c1-32(2,3)49-30(46)42(19-4-5-19)10-11-44-27-25(35)21-13-18(12-20(21)24(34)26(27)39-40-44)15-41-8-6-33(7-9-41)17-43(31(47)50-33)22-14-36-29-28(37-22)38-23(45)16-48-29/h14,18-19H,4-13,15-17H2,1-3H3,(H,37,38,45). The van der Waals surface area contributed by atoms with Gasteiger partial charge in [-0.15, -0.1) is 5.10 Å². The molecule has 1 spiro atoms. The number of nitrogens with one attached hydrogen (secondary N) is 1. The van der Waals surface area contributed by atoms with Gasteiger partial charge in [0.2, 0.25) is 0 Å². The second kappa shape index (κ2) is 12.0. The Morgan fingerprint density at radius 2 is 1.88 bits per heavy atom. The van der Waals surface area contributed by atoms with Crippen LogP contribution in [-0.4, -0.2) is 109 Å². The maximum atomic E-state index is 16.1. The molecule has 1 aromatic carbocycles. The van der Waals surface area contributed by atoms with Crippen LogP contribution in [-0.2, 0) is 33.7 Å². The predicted molar refractivity (Wildman–Crippen MR) is 173 cm³/mol. The molecular weight excluding hydrogens is 656 g/mol. The molecule has 17 heteroatoms. The topological polar surface area (TPSA) is 157 Å². The van der Waals surface area contributed by atoms with Gasteiger partial charge in [-0.2, -0.15) is 0 Å². The molecule has 50 heavy (non-hydrogen) atoms. The molecule has 3 aliphatic heterocycles. The third kappa shape index (κ3) is 6.04. The molecule has 2 saturated heterocycles. The molecule has 3 aromatic rings. The number of carbonyl (C=O) groups is 3. The minimum absolute atomic E-state index is 0.000632. The summed E-state index contributed by atoms with van der Waals surface area (Å²) >= 11 is 0. The average Bonchev–Trinajstić information content (AvgIpc) is 3.51. The first-order valence-corrected chi connectivity index (χ1v) is 17.1. The molecule has 266 valence electrons. The summed E-state index contributed by atoms with van der Waals surface area (Å²) in [6.07, 6.45) is 4.15. The Bertz CT molecular complexity index is 1890. The summed E-state index contributed by atoms with van der Waals surface area (Å²) in [6.45, 7) is 7.90. The van der Waals surface area contributed by atoms with Crippen LogP contribution in [0.2, 0.25) is 0 Å². The summed E-state index contributed by atoms with van der Waals surface area (Å²) < 4.78 is 50.0. The first kappa shape index (κ1) is 32.5. The highest BCUT2D eigenvalue weighted by molar-refractivity contribution is 5.95. The van der Waals surface area contributed by atoms with Crippen LogP contribution in [0.4, 0.5) is 30.0 Å². The molecule has 5 aliphatic rings. The van der Waals surface area contributed by atoms with Gasteiger partial charge in [-0.25, -0.2) is 33.0 Å². The summed E-state index contributed by atoms with van der Waals surface area (Å²) in [7, 11) is 0. The van der Waals surface area contributed by atoms with Crippen molar-refractivity contribution in [1.29, 1.82) is 0 Å². The van der Waals surface area contributed by atoms with E-state index in [0.29, 0.717) is 63.0 Å². The van der Waals surface area contributed by atoms with Crippen molar-refractivity contribution < 1.29 is 37.4 Å². The number of ether oxygens (including phenoxy) is 3. The highest BCUT2D eigenvalue weighted by Crippen LogP contribution is 2.39. The molecule has 2 aliphatic carbocycles. The molecule has 3 amide bonds. The van der Waals surface area contributed by atoms with E-state index in [4.69, 9.17) is 14.2 Å². The van der Waals surface area contributed by atoms with Crippen molar-refractivity contribution in [1.82, 2.24) is 34.8 Å². The number of nitrogens with zero attached hydrogens (tertiary/aromatic N) is 8. The predicted octanol–water partition coefficient (Wildman–Crippen LogP) is 3.44. The Morgan fingerprint density at radius 3 is 2.60 bits per heavy atom. The molecule has 15 nitrogen and oxygen atoms in total. The van der Waals surface area contributed by atoms with Gasteiger partial charge in [0.15, 0.2) is 35.4 Å². The first-order valence-electron chi connectivity index (χ1n) is 17.1. The lowest BCUT2D eigenvalue weighted by Crippen LogP contribution is -2.48. The van der Waals surface area contributed by atoms with Crippen LogP contribution in [0.1, 0.15) is 57.6 Å². The van der Waals surface area contributed by atoms with Gasteiger partial charge in [0.05, 0.1) is 19.3 Å². The number of amides is 3. The van der Waals surface area contributed by atoms with Crippen molar-refractivity contribution in [3.8, 4) is 5.88 Å². The lowest BCUT2D eigenvalue weighted by Gasteiger charge is -2.38. The zero-order chi connectivity index (χ0) is 34.9. The third-order valence-corrected chi connectivity index (χ3v) is 10.1. The number of carbonyl (C=O) groups excluding carboxylic acids is 3. The maximum absolute atomic E-state index is 16.1. The van der Waals surface area contributed by atoms with Gasteiger partial charge in [0, 0.05) is 45.1 Å². The third-order valence-electron chi connectivity index (χ3n) is 10.1. The molecule has 1 unspecified atom stereocenters. The average molecular weight is 696 g/mol. The molecule has 1 N–H and O–H groups in total. The number of likely N-dealkylation sites (tertiary alicyclic amines) is 1. The zero-order valence-corrected chi connectivity index (χ0v) is 28.2. The van der Waals surface area contributed by atoms with E-state index >= 15 is 8.78 Å². The fourth-order valence-corrected chi connectivity index (χ4v) is 7.48. The second-order valence-electron chi connectivity index (χ2n) is 14.9. The zero-order valence-electron chi connectivity index (χ0n) is 28.2. The van der Waals surface area contributed by atoms with E-state index in [9.17, 15) is 14.4 Å². The lowest BCUT2D eigenvalue weighted by molar-refractivity contribution is -0.118. The molecule has 0 bridgehead atoms. The van der Waals surface area contributed by atoms with Crippen LogP contribution in [0.15, 0.2) is 6.20 Å². The number of halogens is 2. The fourth-order valence-electron chi connectivity index (χ4n) is 7.48. The number of hydrogen-bond acceptors (Lipinski definition) is 11. The highest BCUT2D eigenvalue weighted by Gasteiger charge is 2.48. The fraction of sp³-hybridized carbons (Fsp3) is 0.606. The first-order chi connectivity index (χ1) is 23.9. The molecule has 5 heterocycles. The smallest absolute Gasteiger partial charge is 0.416 e. The van der Waals surface area contributed by atoms with Crippen molar-refractivity contribution in [3.05, 3.63) is 29.0 Å². The van der Waals surface area contributed by atoms with Gasteiger partial charge < -0.3 is 29.3 Å². The summed E-state index contributed by atoms with van der Waals surface area (Å²) in [5.74, 6) is -0.781. The van der Waals surface area contributed by atoms with Crippen molar-refractivity contribution in [3.63, 3.8) is 0 Å². The molecular formula is C33H39F2N9O6. The van der Waals surface area contributed by atoms with Crippen LogP contribution >= 0.6 is 0 Å². The quantitative estimate of drug-likeness (QED) is 0.386. The number of piperidine rings is 1. The Kier molecular flexibility index (Phi) is 7.80. The molecule has 0 radical (unpaired) electrons. The Labute approximate surface area is 286 Å².